The van der Waals surface area contributed by atoms with Crippen LogP contribution in [0.2, 0.25) is 0 Å². The standard InChI is InChI=1S/C7H11N/c1-2-7-5-3-4(5)6(1)8-7/h4-8H,1-3H2. The Hall–Kier alpha value is -0.0400. The van der Waals surface area contributed by atoms with E-state index in [9.17, 15) is 0 Å². The van der Waals surface area contributed by atoms with Crippen LogP contribution < -0.4 is 5.32 Å². The molecule has 2 saturated heterocycles. The van der Waals surface area contributed by atoms with Gasteiger partial charge in [0.1, 0.15) is 0 Å². The highest BCUT2D eigenvalue weighted by molar-refractivity contribution is 5.12. The van der Waals surface area contributed by atoms with Crippen molar-refractivity contribution in [2.24, 2.45) is 11.8 Å². The lowest BCUT2D eigenvalue weighted by atomic mass is 10.0. The SMILES string of the molecule is C1CC2NC1C1CC21. The molecule has 2 bridgehead atoms. The number of hydrogen-bond acceptors (Lipinski definition) is 1. The molecule has 1 N–H and O–H groups in total. The summed E-state index contributed by atoms with van der Waals surface area (Å²) in [6, 6.07) is 1.93. The molecule has 1 heteroatoms. The summed E-state index contributed by atoms with van der Waals surface area (Å²) in [4.78, 5) is 0. The first-order valence-corrected chi connectivity index (χ1v) is 3.71. The van der Waals surface area contributed by atoms with Crippen molar-refractivity contribution in [2.75, 3.05) is 0 Å². The molecular formula is C7H11N. The zero-order valence-corrected chi connectivity index (χ0v) is 4.93. The van der Waals surface area contributed by atoms with Gasteiger partial charge in [0.15, 0.2) is 0 Å². The zero-order valence-electron chi connectivity index (χ0n) is 4.93. The predicted octanol–water partition coefficient (Wildman–Crippen LogP) is 0.757. The van der Waals surface area contributed by atoms with Crippen LogP contribution in [0.1, 0.15) is 19.3 Å². The highest BCUT2D eigenvalue weighted by atomic mass is 15.1. The maximum Gasteiger partial charge on any atom is 0.0102 e. The van der Waals surface area contributed by atoms with Crippen LogP contribution in [0.3, 0.4) is 0 Å². The topological polar surface area (TPSA) is 12.0 Å². The Bertz CT molecular complexity index is 118. The van der Waals surface area contributed by atoms with Crippen molar-refractivity contribution < 1.29 is 0 Å². The summed E-state index contributed by atoms with van der Waals surface area (Å²) in [5, 5.41) is 3.63. The van der Waals surface area contributed by atoms with Crippen molar-refractivity contribution in [2.45, 2.75) is 31.3 Å². The van der Waals surface area contributed by atoms with Crippen LogP contribution in [0.5, 0.6) is 0 Å². The van der Waals surface area contributed by atoms with Crippen LogP contribution in [0.25, 0.3) is 0 Å². The molecule has 3 aliphatic rings. The Morgan fingerprint density at radius 2 is 1.62 bits per heavy atom. The van der Waals surface area contributed by atoms with Crippen LogP contribution in [0.15, 0.2) is 0 Å². The molecule has 3 rings (SSSR count). The minimum absolute atomic E-state index is 0.963. The monoisotopic (exact) mass is 109 g/mol. The number of hydrogen-bond donors (Lipinski definition) is 1. The molecule has 0 aromatic carbocycles. The molecule has 8 heavy (non-hydrogen) atoms. The average molecular weight is 109 g/mol. The summed E-state index contributed by atoms with van der Waals surface area (Å²) in [6.07, 6.45) is 4.51. The Kier molecular flexibility index (Phi) is 0.472. The van der Waals surface area contributed by atoms with Gasteiger partial charge in [0, 0.05) is 12.1 Å². The lowest BCUT2D eigenvalue weighted by molar-refractivity contribution is 0.551. The Balaban J connectivity index is 2.02. The summed E-state index contributed by atoms with van der Waals surface area (Å²) in [7, 11) is 0. The van der Waals surface area contributed by atoms with Crippen LogP contribution in [-0.2, 0) is 0 Å². The molecule has 1 nitrogen and oxygen atoms in total. The van der Waals surface area contributed by atoms with Gasteiger partial charge in [0.2, 0.25) is 0 Å². The summed E-state index contributed by atoms with van der Waals surface area (Å²) >= 11 is 0. The molecule has 0 aromatic heterocycles. The van der Waals surface area contributed by atoms with E-state index < -0.39 is 0 Å². The first-order chi connectivity index (χ1) is 3.95. The minimum atomic E-state index is 0.963. The van der Waals surface area contributed by atoms with E-state index >= 15 is 0 Å². The van der Waals surface area contributed by atoms with Crippen molar-refractivity contribution in [1.29, 1.82) is 0 Å². The second-order valence-electron chi connectivity index (χ2n) is 3.52. The number of fused-ring (bicyclic) bond motifs is 5. The first kappa shape index (κ1) is 3.89. The van der Waals surface area contributed by atoms with E-state index in [0.717, 1.165) is 23.9 Å². The molecular weight excluding hydrogens is 98.1 g/mol. The largest absolute Gasteiger partial charge is 0.311 e. The maximum absolute atomic E-state index is 3.63. The number of rotatable bonds is 0. The van der Waals surface area contributed by atoms with Crippen molar-refractivity contribution in [3.8, 4) is 0 Å². The molecule has 0 amide bonds. The molecule has 44 valence electrons. The Morgan fingerprint density at radius 3 is 2.00 bits per heavy atom. The van der Waals surface area contributed by atoms with E-state index in [1.807, 2.05) is 0 Å². The Labute approximate surface area is 49.5 Å². The van der Waals surface area contributed by atoms with E-state index in [4.69, 9.17) is 0 Å². The molecule has 3 fully saturated rings. The predicted molar refractivity (Wildman–Crippen MR) is 31.5 cm³/mol. The smallest absolute Gasteiger partial charge is 0.0102 e. The van der Waals surface area contributed by atoms with Crippen molar-refractivity contribution in [3.05, 3.63) is 0 Å². The van der Waals surface area contributed by atoms with Crippen LogP contribution in [0, 0.1) is 11.8 Å². The molecule has 0 radical (unpaired) electrons. The molecule has 2 aliphatic heterocycles. The molecule has 4 unspecified atom stereocenters. The van der Waals surface area contributed by atoms with E-state index in [0.29, 0.717) is 0 Å². The fourth-order valence-electron chi connectivity index (χ4n) is 2.64. The lowest BCUT2D eigenvalue weighted by Crippen LogP contribution is -2.23. The van der Waals surface area contributed by atoms with Crippen LogP contribution in [-0.4, -0.2) is 12.1 Å². The Morgan fingerprint density at radius 1 is 1.00 bits per heavy atom. The minimum Gasteiger partial charge on any atom is -0.311 e. The van der Waals surface area contributed by atoms with Gasteiger partial charge < -0.3 is 5.32 Å². The third-order valence-electron chi connectivity index (χ3n) is 3.14. The van der Waals surface area contributed by atoms with E-state index in [1.165, 1.54) is 12.8 Å². The van der Waals surface area contributed by atoms with Gasteiger partial charge in [-0.15, -0.1) is 0 Å². The van der Waals surface area contributed by atoms with Gasteiger partial charge in [-0.25, -0.2) is 0 Å². The van der Waals surface area contributed by atoms with Gasteiger partial charge in [-0.1, -0.05) is 0 Å². The van der Waals surface area contributed by atoms with Gasteiger partial charge in [-0.3, -0.25) is 0 Å². The third-order valence-corrected chi connectivity index (χ3v) is 3.14. The van der Waals surface area contributed by atoms with E-state index in [-0.39, 0.29) is 0 Å². The quantitative estimate of drug-likeness (QED) is 0.484. The van der Waals surface area contributed by atoms with Crippen molar-refractivity contribution >= 4 is 0 Å². The molecule has 1 saturated carbocycles. The molecule has 1 aliphatic carbocycles. The van der Waals surface area contributed by atoms with E-state index in [1.54, 1.807) is 6.42 Å². The normalized spacial score (nSPS) is 66.0. The highest BCUT2D eigenvalue weighted by Crippen LogP contribution is 2.54. The second kappa shape index (κ2) is 0.971. The second-order valence-corrected chi connectivity index (χ2v) is 3.52. The molecule has 0 aromatic rings. The van der Waals surface area contributed by atoms with Gasteiger partial charge in [-0.2, -0.15) is 0 Å². The average Bonchev–Trinajstić information content (AvgIpc) is 2.39. The summed E-state index contributed by atoms with van der Waals surface area (Å²) in [6.45, 7) is 0. The third kappa shape index (κ3) is 0.278. The lowest BCUT2D eigenvalue weighted by Gasteiger charge is -2.01. The van der Waals surface area contributed by atoms with Gasteiger partial charge >= 0.3 is 0 Å². The van der Waals surface area contributed by atoms with E-state index in [2.05, 4.69) is 5.32 Å². The summed E-state index contributed by atoms with van der Waals surface area (Å²) in [5.41, 5.74) is 0. The van der Waals surface area contributed by atoms with Crippen molar-refractivity contribution in [3.63, 3.8) is 0 Å². The fraction of sp³-hybridized carbons (Fsp3) is 1.00. The van der Waals surface area contributed by atoms with Crippen LogP contribution >= 0.6 is 0 Å². The fourth-order valence-corrected chi connectivity index (χ4v) is 2.64. The van der Waals surface area contributed by atoms with Gasteiger partial charge in [0.05, 0.1) is 0 Å². The van der Waals surface area contributed by atoms with Gasteiger partial charge in [0.25, 0.3) is 0 Å². The highest BCUT2D eigenvalue weighted by Gasteiger charge is 2.56. The summed E-state index contributed by atoms with van der Waals surface area (Å²) in [5.74, 6) is 2.27. The zero-order chi connectivity index (χ0) is 5.14. The summed E-state index contributed by atoms with van der Waals surface area (Å²) < 4.78 is 0. The molecule has 2 heterocycles. The molecule has 4 atom stereocenters. The maximum atomic E-state index is 3.63. The number of nitrogens with one attached hydrogen (secondary N) is 1. The van der Waals surface area contributed by atoms with Gasteiger partial charge in [-0.05, 0) is 31.1 Å². The van der Waals surface area contributed by atoms with Crippen LogP contribution in [0.4, 0.5) is 0 Å². The first-order valence-electron chi connectivity index (χ1n) is 3.71. The van der Waals surface area contributed by atoms with Crippen molar-refractivity contribution in [1.82, 2.24) is 5.32 Å². The number of piperidine rings is 1. The molecule has 0 spiro atoms.